The third-order valence-electron chi connectivity index (χ3n) is 2.79. The molecule has 0 saturated carbocycles. The Bertz CT molecular complexity index is 802. The number of aromatic nitrogens is 1. The van der Waals surface area contributed by atoms with Crippen LogP contribution < -0.4 is 5.73 Å². The number of nitrogens with two attached hydrogens (primary N) is 1. The fraction of sp³-hybridized carbons (Fsp3) is 0. The molecular weight excluding hydrogens is 338 g/mol. The highest BCUT2D eigenvalue weighted by atomic mass is 79.9. The van der Waals surface area contributed by atoms with Crippen molar-refractivity contribution in [3.63, 3.8) is 0 Å². The van der Waals surface area contributed by atoms with Crippen LogP contribution in [0.1, 0.15) is 4.88 Å². The van der Waals surface area contributed by atoms with Crippen molar-refractivity contribution in [1.29, 1.82) is 5.26 Å². The summed E-state index contributed by atoms with van der Waals surface area (Å²) in [5.74, 6) is 0.675. The Kier molecular flexibility index (Phi) is 3.30. The number of pyridine rings is 1. The van der Waals surface area contributed by atoms with Crippen LogP contribution in [-0.2, 0) is 0 Å². The molecule has 0 aromatic carbocycles. The minimum atomic E-state index is 0.466. The van der Waals surface area contributed by atoms with Crippen molar-refractivity contribution in [3.8, 4) is 27.8 Å². The second-order valence-corrected chi connectivity index (χ2v) is 5.81. The number of hydrogen-bond donors (Lipinski definition) is 1. The maximum Gasteiger partial charge on any atom is 0.169 e. The van der Waals surface area contributed by atoms with E-state index in [1.165, 1.54) is 11.3 Å². The van der Waals surface area contributed by atoms with Crippen LogP contribution in [0.3, 0.4) is 0 Å². The molecule has 0 atom stereocenters. The van der Waals surface area contributed by atoms with Crippen molar-refractivity contribution in [2.24, 2.45) is 0 Å². The minimum Gasteiger partial charge on any atom is -0.449 e. The third kappa shape index (κ3) is 2.11. The molecule has 3 rings (SSSR count). The van der Waals surface area contributed by atoms with E-state index in [0.717, 1.165) is 16.0 Å². The number of thiophene rings is 1. The van der Waals surface area contributed by atoms with Crippen LogP contribution in [0.15, 0.2) is 45.7 Å². The van der Waals surface area contributed by atoms with Crippen LogP contribution in [0.25, 0.3) is 21.8 Å². The average Bonchev–Trinajstić information content (AvgIpc) is 3.03. The van der Waals surface area contributed by atoms with E-state index in [0.29, 0.717) is 21.0 Å². The molecule has 0 bridgehead atoms. The van der Waals surface area contributed by atoms with Crippen LogP contribution in [0.4, 0.5) is 5.69 Å². The van der Waals surface area contributed by atoms with Crippen molar-refractivity contribution < 1.29 is 4.42 Å². The number of nitrogens with zero attached hydrogens (tertiary/aromatic N) is 2. The summed E-state index contributed by atoms with van der Waals surface area (Å²) in [4.78, 5) is 5.41. The van der Waals surface area contributed by atoms with Crippen LogP contribution in [0.2, 0.25) is 0 Å². The molecule has 20 heavy (non-hydrogen) atoms. The van der Waals surface area contributed by atoms with Gasteiger partial charge in [0.1, 0.15) is 16.7 Å². The molecule has 0 unspecified atom stereocenters. The highest BCUT2D eigenvalue weighted by Crippen LogP contribution is 2.45. The van der Waals surface area contributed by atoms with E-state index in [1.54, 1.807) is 12.4 Å². The van der Waals surface area contributed by atoms with Gasteiger partial charge in [0.05, 0.1) is 10.6 Å². The van der Waals surface area contributed by atoms with E-state index >= 15 is 0 Å². The molecule has 0 radical (unpaired) electrons. The average molecular weight is 346 g/mol. The number of furan rings is 1. The highest BCUT2D eigenvalue weighted by Gasteiger charge is 2.20. The predicted octanol–water partition coefficient (Wildman–Crippen LogP) is 4.29. The molecule has 0 fully saturated rings. The fourth-order valence-electron chi connectivity index (χ4n) is 1.93. The van der Waals surface area contributed by atoms with Gasteiger partial charge in [-0.05, 0) is 34.1 Å². The number of nitriles is 1. The Morgan fingerprint density at radius 1 is 1.35 bits per heavy atom. The summed E-state index contributed by atoms with van der Waals surface area (Å²) in [6.45, 7) is 0. The van der Waals surface area contributed by atoms with E-state index in [9.17, 15) is 5.26 Å². The monoisotopic (exact) mass is 345 g/mol. The van der Waals surface area contributed by atoms with Crippen LogP contribution in [0, 0.1) is 11.3 Å². The van der Waals surface area contributed by atoms with Gasteiger partial charge in [0.2, 0.25) is 0 Å². The molecule has 0 spiro atoms. The summed E-state index contributed by atoms with van der Waals surface area (Å²) in [6.07, 6.45) is 3.42. The molecule has 3 heterocycles. The fourth-order valence-corrected chi connectivity index (χ4v) is 3.24. The van der Waals surface area contributed by atoms with Gasteiger partial charge in [0.25, 0.3) is 0 Å². The lowest BCUT2D eigenvalue weighted by molar-refractivity contribution is 0.557. The van der Waals surface area contributed by atoms with Gasteiger partial charge in [0, 0.05) is 23.5 Å². The molecule has 0 saturated heterocycles. The van der Waals surface area contributed by atoms with Crippen molar-refractivity contribution in [3.05, 3.63) is 46.2 Å². The van der Waals surface area contributed by atoms with E-state index in [4.69, 9.17) is 10.2 Å². The summed E-state index contributed by atoms with van der Waals surface area (Å²) in [5.41, 5.74) is 8.22. The highest BCUT2D eigenvalue weighted by molar-refractivity contribution is 9.10. The second-order valence-electron chi connectivity index (χ2n) is 4.01. The first-order valence-electron chi connectivity index (χ1n) is 5.69. The van der Waals surface area contributed by atoms with Crippen LogP contribution in [-0.4, -0.2) is 4.98 Å². The van der Waals surface area contributed by atoms with E-state index in [-0.39, 0.29) is 0 Å². The van der Waals surface area contributed by atoms with Crippen molar-refractivity contribution in [2.75, 3.05) is 5.73 Å². The van der Waals surface area contributed by atoms with E-state index < -0.39 is 0 Å². The third-order valence-corrected chi connectivity index (χ3v) is 4.34. The molecule has 0 amide bonds. The molecule has 2 N–H and O–H groups in total. The molecule has 0 aliphatic heterocycles. The lowest BCUT2D eigenvalue weighted by atomic mass is 10.1. The topological polar surface area (TPSA) is 75.8 Å². The molecule has 0 aliphatic carbocycles. The summed E-state index contributed by atoms with van der Waals surface area (Å²) >= 11 is 4.60. The first-order chi connectivity index (χ1) is 9.70. The van der Waals surface area contributed by atoms with Gasteiger partial charge in [-0.25, -0.2) is 0 Å². The quantitative estimate of drug-likeness (QED) is 0.751. The Hall–Kier alpha value is -2.10. The van der Waals surface area contributed by atoms with Crippen molar-refractivity contribution >= 4 is 33.0 Å². The molecule has 3 aromatic heterocycles. The molecule has 0 aliphatic rings. The van der Waals surface area contributed by atoms with Crippen molar-refractivity contribution in [1.82, 2.24) is 4.98 Å². The maximum atomic E-state index is 9.18. The molecule has 98 valence electrons. The molecule has 6 heteroatoms. The number of rotatable bonds is 2. The summed E-state index contributed by atoms with van der Waals surface area (Å²) < 4.78 is 6.22. The van der Waals surface area contributed by atoms with Crippen molar-refractivity contribution in [2.45, 2.75) is 0 Å². The number of halogens is 1. The van der Waals surface area contributed by atoms with Gasteiger partial charge in [-0.1, -0.05) is 6.07 Å². The van der Waals surface area contributed by atoms with Gasteiger partial charge in [-0.2, -0.15) is 5.26 Å². The second kappa shape index (κ2) is 5.12. The van der Waals surface area contributed by atoms with Crippen LogP contribution >= 0.6 is 27.3 Å². The van der Waals surface area contributed by atoms with Gasteiger partial charge >= 0.3 is 0 Å². The molecule has 3 aromatic rings. The first kappa shape index (κ1) is 12.9. The van der Waals surface area contributed by atoms with Gasteiger partial charge < -0.3 is 10.2 Å². The summed E-state index contributed by atoms with van der Waals surface area (Å²) in [7, 11) is 0. The molecule has 4 nitrogen and oxygen atoms in total. The Morgan fingerprint density at radius 3 is 2.80 bits per heavy atom. The number of hydrogen-bond acceptors (Lipinski definition) is 5. The number of anilines is 1. The summed E-state index contributed by atoms with van der Waals surface area (Å²) in [6, 6.07) is 9.52. The zero-order chi connectivity index (χ0) is 14.1. The van der Waals surface area contributed by atoms with Crippen LogP contribution in [0.5, 0.6) is 0 Å². The SMILES string of the molecule is N#Cc1sc(-c2ccc(Br)o2)c(-c2cccnc2)c1N. The Labute approximate surface area is 127 Å². The Balaban J connectivity index is 2.28. The maximum absolute atomic E-state index is 9.18. The normalized spacial score (nSPS) is 10.4. The van der Waals surface area contributed by atoms with Gasteiger partial charge in [-0.3, -0.25) is 4.98 Å². The minimum absolute atomic E-state index is 0.466. The zero-order valence-electron chi connectivity index (χ0n) is 10.1. The number of nitrogen functional groups attached to an aromatic ring is 1. The smallest absolute Gasteiger partial charge is 0.169 e. The standard InChI is InChI=1S/C14H8BrN3OS/c15-11-4-3-9(19-11)14-12(8-2-1-5-18-7-8)13(17)10(6-16)20-14/h1-5,7H,17H2. The Morgan fingerprint density at radius 2 is 2.20 bits per heavy atom. The first-order valence-corrected chi connectivity index (χ1v) is 7.30. The largest absolute Gasteiger partial charge is 0.449 e. The molecular formula is C14H8BrN3OS. The van der Waals surface area contributed by atoms with Gasteiger partial charge in [-0.15, -0.1) is 11.3 Å². The zero-order valence-corrected chi connectivity index (χ0v) is 12.5. The summed E-state index contributed by atoms with van der Waals surface area (Å²) in [5, 5.41) is 9.18. The van der Waals surface area contributed by atoms with E-state index in [1.807, 2.05) is 24.3 Å². The van der Waals surface area contributed by atoms with Gasteiger partial charge in [0.15, 0.2) is 4.67 Å². The lowest BCUT2D eigenvalue weighted by Gasteiger charge is -2.03. The predicted molar refractivity (Wildman–Crippen MR) is 82.1 cm³/mol. The lowest BCUT2D eigenvalue weighted by Crippen LogP contribution is -1.89. The van der Waals surface area contributed by atoms with E-state index in [2.05, 4.69) is 27.0 Å².